The fraction of sp³-hybridized carbons (Fsp3) is 0.350. The van der Waals surface area contributed by atoms with Gasteiger partial charge in [0.05, 0.1) is 23.3 Å². The number of nitrogens with zero attached hydrogens (tertiary/aromatic N) is 5. The number of thiazole rings is 1. The quantitative estimate of drug-likeness (QED) is 0.680. The van der Waals surface area contributed by atoms with Gasteiger partial charge in [0.25, 0.3) is 0 Å². The number of piperazine rings is 1. The van der Waals surface area contributed by atoms with Gasteiger partial charge in [-0.2, -0.15) is 0 Å². The molecule has 0 saturated carbocycles. The summed E-state index contributed by atoms with van der Waals surface area (Å²) < 4.78 is 1.19. The van der Waals surface area contributed by atoms with E-state index in [4.69, 9.17) is 0 Å². The van der Waals surface area contributed by atoms with Crippen LogP contribution in [0.25, 0.3) is 10.2 Å². The van der Waals surface area contributed by atoms with Crippen molar-refractivity contribution >= 4 is 33.3 Å². The first-order valence-electron chi connectivity index (χ1n) is 9.16. The summed E-state index contributed by atoms with van der Waals surface area (Å²) in [5.74, 6) is 1.16. The van der Waals surface area contributed by atoms with Crippen molar-refractivity contribution in [2.45, 2.75) is 6.54 Å². The zero-order valence-corrected chi connectivity index (χ0v) is 16.2. The number of likely N-dealkylation sites (N-methyl/N-ethyl adjacent to an activating group) is 1. The lowest BCUT2D eigenvalue weighted by Crippen LogP contribution is -2.51. The Hall–Kier alpha value is -2.51. The van der Waals surface area contributed by atoms with E-state index in [1.54, 1.807) is 11.3 Å². The Kier molecular flexibility index (Phi) is 5.31. The Labute approximate surface area is 163 Å². The van der Waals surface area contributed by atoms with Gasteiger partial charge in [-0.25, -0.2) is 9.97 Å². The topological polar surface area (TPSA) is 52.6 Å². The molecular weight excluding hydrogens is 358 g/mol. The number of carbonyl (C=O) groups is 1. The summed E-state index contributed by atoms with van der Waals surface area (Å²) in [6.07, 6.45) is 1.81. The smallest absolute Gasteiger partial charge is 0.236 e. The van der Waals surface area contributed by atoms with Gasteiger partial charge in [-0.15, -0.1) is 11.3 Å². The molecule has 0 N–H and O–H groups in total. The van der Waals surface area contributed by atoms with Crippen LogP contribution in [-0.4, -0.2) is 65.4 Å². The van der Waals surface area contributed by atoms with Crippen molar-refractivity contribution in [3.05, 3.63) is 53.7 Å². The van der Waals surface area contributed by atoms with Crippen molar-refractivity contribution in [3.63, 3.8) is 0 Å². The number of aromatic nitrogens is 2. The Bertz CT molecular complexity index is 872. The van der Waals surface area contributed by atoms with Crippen LogP contribution in [0.4, 0.5) is 5.82 Å². The molecule has 1 aromatic carbocycles. The van der Waals surface area contributed by atoms with E-state index < -0.39 is 0 Å². The van der Waals surface area contributed by atoms with Crippen LogP contribution in [0.15, 0.2) is 48.7 Å². The molecule has 140 valence electrons. The standard InChI is InChI=1S/C20H23N5OS/c1-23(14-19-22-16-6-2-3-7-17(16)27-19)15-20(26)25-12-10-24(11-13-25)18-8-4-5-9-21-18/h2-9H,10-15H2,1H3. The number of rotatable bonds is 5. The summed E-state index contributed by atoms with van der Waals surface area (Å²) in [5, 5.41) is 1.05. The van der Waals surface area contributed by atoms with E-state index in [1.807, 2.05) is 59.4 Å². The van der Waals surface area contributed by atoms with Crippen LogP contribution in [0, 0.1) is 0 Å². The van der Waals surface area contributed by atoms with Crippen LogP contribution >= 0.6 is 11.3 Å². The van der Waals surface area contributed by atoms with Crippen LogP contribution in [0.1, 0.15) is 5.01 Å². The SMILES string of the molecule is CN(CC(=O)N1CCN(c2ccccn2)CC1)Cc1nc2ccccc2s1. The molecule has 0 radical (unpaired) electrons. The maximum atomic E-state index is 12.6. The molecule has 1 saturated heterocycles. The summed E-state index contributed by atoms with van der Waals surface area (Å²) in [5.41, 5.74) is 1.03. The molecule has 3 aromatic rings. The highest BCUT2D eigenvalue weighted by Crippen LogP contribution is 2.22. The first-order valence-corrected chi connectivity index (χ1v) is 9.97. The average Bonchev–Trinajstić information content (AvgIpc) is 3.10. The third kappa shape index (κ3) is 4.26. The van der Waals surface area contributed by atoms with Gasteiger partial charge in [0, 0.05) is 32.4 Å². The van der Waals surface area contributed by atoms with Gasteiger partial charge in [-0.3, -0.25) is 9.69 Å². The molecule has 1 amide bonds. The van der Waals surface area contributed by atoms with E-state index >= 15 is 0 Å². The highest BCUT2D eigenvalue weighted by molar-refractivity contribution is 7.18. The first-order chi connectivity index (χ1) is 13.2. The Morgan fingerprint density at radius 2 is 1.89 bits per heavy atom. The lowest BCUT2D eigenvalue weighted by molar-refractivity contribution is -0.132. The molecule has 2 aromatic heterocycles. The van der Waals surface area contributed by atoms with Crippen molar-refractivity contribution in [1.82, 2.24) is 19.8 Å². The van der Waals surface area contributed by atoms with E-state index in [1.165, 1.54) is 4.70 Å². The molecule has 1 aliphatic rings. The number of para-hydroxylation sites is 1. The number of anilines is 1. The molecule has 0 atom stereocenters. The maximum absolute atomic E-state index is 12.6. The molecule has 0 bridgehead atoms. The minimum atomic E-state index is 0.180. The zero-order valence-electron chi connectivity index (χ0n) is 15.4. The minimum absolute atomic E-state index is 0.180. The molecule has 4 rings (SSSR count). The number of hydrogen-bond donors (Lipinski definition) is 0. The lowest BCUT2D eigenvalue weighted by Gasteiger charge is -2.36. The van der Waals surface area contributed by atoms with Crippen LogP contribution in [0.2, 0.25) is 0 Å². The minimum Gasteiger partial charge on any atom is -0.353 e. The van der Waals surface area contributed by atoms with E-state index in [0.717, 1.165) is 42.5 Å². The summed E-state index contributed by atoms with van der Waals surface area (Å²) in [7, 11) is 1.98. The number of benzene rings is 1. The van der Waals surface area contributed by atoms with Crippen molar-refractivity contribution in [2.75, 3.05) is 44.7 Å². The van der Waals surface area contributed by atoms with Crippen molar-refractivity contribution < 1.29 is 4.79 Å². The van der Waals surface area contributed by atoms with Gasteiger partial charge >= 0.3 is 0 Å². The maximum Gasteiger partial charge on any atom is 0.236 e. The van der Waals surface area contributed by atoms with Gasteiger partial charge in [0.1, 0.15) is 10.8 Å². The molecule has 0 aliphatic carbocycles. The van der Waals surface area contributed by atoms with Crippen molar-refractivity contribution in [2.24, 2.45) is 0 Å². The van der Waals surface area contributed by atoms with Crippen LogP contribution in [0.5, 0.6) is 0 Å². The highest BCUT2D eigenvalue weighted by atomic mass is 32.1. The first kappa shape index (κ1) is 17.9. The monoisotopic (exact) mass is 381 g/mol. The van der Waals surface area contributed by atoms with Crippen molar-refractivity contribution in [3.8, 4) is 0 Å². The zero-order chi connectivity index (χ0) is 18.6. The summed E-state index contributed by atoms with van der Waals surface area (Å²) >= 11 is 1.69. The second-order valence-corrected chi connectivity index (χ2v) is 7.92. The van der Waals surface area contributed by atoms with E-state index in [0.29, 0.717) is 13.1 Å². The summed E-state index contributed by atoms with van der Waals surface area (Å²) in [4.78, 5) is 27.9. The summed E-state index contributed by atoms with van der Waals surface area (Å²) in [6, 6.07) is 14.1. The van der Waals surface area contributed by atoms with Gasteiger partial charge in [0.2, 0.25) is 5.91 Å². The van der Waals surface area contributed by atoms with Gasteiger partial charge < -0.3 is 9.80 Å². The van der Waals surface area contributed by atoms with Gasteiger partial charge in [-0.05, 0) is 31.3 Å². The Balaban J connectivity index is 1.29. The molecule has 0 unspecified atom stereocenters. The molecule has 7 heteroatoms. The number of hydrogen-bond acceptors (Lipinski definition) is 6. The number of pyridine rings is 1. The molecule has 0 spiro atoms. The fourth-order valence-electron chi connectivity index (χ4n) is 3.33. The second kappa shape index (κ2) is 8.02. The molecule has 1 fully saturated rings. The fourth-order valence-corrected chi connectivity index (χ4v) is 4.38. The van der Waals surface area contributed by atoms with Crippen LogP contribution < -0.4 is 4.90 Å². The predicted molar refractivity (Wildman–Crippen MR) is 109 cm³/mol. The lowest BCUT2D eigenvalue weighted by atomic mass is 10.3. The summed E-state index contributed by atoms with van der Waals surface area (Å²) in [6.45, 7) is 4.24. The third-order valence-electron chi connectivity index (χ3n) is 4.75. The Morgan fingerprint density at radius 1 is 1.11 bits per heavy atom. The molecule has 3 heterocycles. The van der Waals surface area contributed by atoms with E-state index in [9.17, 15) is 4.79 Å². The van der Waals surface area contributed by atoms with Gasteiger partial charge in [0.15, 0.2) is 0 Å². The Morgan fingerprint density at radius 3 is 2.63 bits per heavy atom. The molecule has 6 nitrogen and oxygen atoms in total. The third-order valence-corrected chi connectivity index (χ3v) is 5.78. The van der Waals surface area contributed by atoms with Crippen LogP contribution in [-0.2, 0) is 11.3 Å². The molecule has 1 aliphatic heterocycles. The number of fused-ring (bicyclic) bond motifs is 1. The average molecular weight is 382 g/mol. The molecule has 27 heavy (non-hydrogen) atoms. The largest absolute Gasteiger partial charge is 0.353 e. The predicted octanol–water partition coefficient (Wildman–Crippen LogP) is 2.47. The second-order valence-electron chi connectivity index (χ2n) is 6.80. The normalized spacial score (nSPS) is 14.9. The number of carbonyl (C=O) groups excluding carboxylic acids is 1. The van der Waals surface area contributed by atoms with Gasteiger partial charge in [-0.1, -0.05) is 18.2 Å². The van der Waals surface area contributed by atoms with E-state index in [-0.39, 0.29) is 5.91 Å². The van der Waals surface area contributed by atoms with Crippen molar-refractivity contribution in [1.29, 1.82) is 0 Å². The van der Waals surface area contributed by atoms with Crippen LogP contribution in [0.3, 0.4) is 0 Å². The molecular formula is C20H23N5OS. The highest BCUT2D eigenvalue weighted by Gasteiger charge is 2.22. The van der Waals surface area contributed by atoms with E-state index in [2.05, 4.69) is 20.9 Å². The number of amides is 1.